The summed E-state index contributed by atoms with van der Waals surface area (Å²) < 4.78 is 9.54. The Kier molecular flexibility index (Phi) is 2.74. The smallest absolute Gasteiger partial charge is 0.202 e. The second-order valence-electron chi connectivity index (χ2n) is 4.76. The lowest BCUT2D eigenvalue weighted by molar-refractivity contribution is 0.0708. The average molecular weight is 249 g/mol. The molecule has 0 unspecified atom stereocenters. The van der Waals surface area contributed by atoms with Crippen molar-refractivity contribution in [2.75, 3.05) is 18.9 Å². The molecule has 18 heavy (non-hydrogen) atoms. The molecule has 0 radical (unpaired) electrons. The minimum Gasteiger partial charge on any atom is -0.381 e. The Balaban J connectivity index is 2.16. The topological polar surface area (TPSA) is 70.9 Å². The summed E-state index contributed by atoms with van der Waals surface area (Å²) >= 11 is 0. The second-order valence-corrected chi connectivity index (χ2v) is 4.76. The molecule has 0 spiro atoms. The molecular formula is C12H19N5O. The highest BCUT2D eigenvalue weighted by atomic mass is 16.5. The minimum absolute atomic E-state index is 0.380. The number of hydrogen-bond acceptors (Lipinski definition) is 4. The Bertz CT molecular complexity index is 565. The van der Waals surface area contributed by atoms with Crippen LogP contribution in [0.1, 0.15) is 31.5 Å². The fourth-order valence-corrected chi connectivity index (χ4v) is 2.73. The van der Waals surface area contributed by atoms with Crippen molar-refractivity contribution < 1.29 is 4.74 Å². The summed E-state index contributed by atoms with van der Waals surface area (Å²) in [7, 11) is 0. The fourth-order valence-electron chi connectivity index (χ4n) is 2.73. The van der Waals surface area contributed by atoms with E-state index in [-0.39, 0.29) is 0 Å². The monoisotopic (exact) mass is 249 g/mol. The van der Waals surface area contributed by atoms with Gasteiger partial charge in [-0.15, -0.1) is 0 Å². The molecule has 1 aliphatic rings. The van der Waals surface area contributed by atoms with Crippen LogP contribution in [0.5, 0.6) is 0 Å². The van der Waals surface area contributed by atoms with E-state index in [4.69, 9.17) is 10.5 Å². The Hall–Kier alpha value is -1.56. The molecule has 0 aliphatic carbocycles. The molecule has 2 N–H and O–H groups in total. The van der Waals surface area contributed by atoms with Crippen molar-refractivity contribution in [3.05, 3.63) is 5.69 Å². The third kappa shape index (κ3) is 1.59. The van der Waals surface area contributed by atoms with Gasteiger partial charge in [0, 0.05) is 25.8 Å². The van der Waals surface area contributed by atoms with Gasteiger partial charge in [-0.25, -0.2) is 9.67 Å². The molecule has 1 aliphatic heterocycles. The standard InChI is InChI=1S/C12H19N5O/c1-3-16-11-10(8(2)15-16)14-12(13)17(11)9-4-6-18-7-5-9/h9H,3-7H2,1-2H3,(H2,13,14). The normalized spacial score (nSPS) is 17.7. The van der Waals surface area contributed by atoms with Crippen LogP contribution in [-0.4, -0.2) is 32.5 Å². The summed E-state index contributed by atoms with van der Waals surface area (Å²) in [5, 5.41) is 4.51. The average Bonchev–Trinajstić information content (AvgIpc) is 2.88. The Morgan fingerprint density at radius 2 is 2.11 bits per heavy atom. The number of nitrogens with two attached hydrogens (primary N) is 1. The van der Waals surface area contributed by atoms with Gasteiger partial charge in [0.2, 0.25) is 5.95 Å². The van der Waals surface area contributed by atoms with E-state index >= 15 is 0 Å². The maximum atomic E-state index is 6.09. The molecule has 0 aromatic carbocycles. The first-order valence-corrected chi connectivity index (χ1v) is 6.51. The van der Waals surface area contributed by atoms with E-state index in [0.29, 0.717) is 12.0 Å². The van der Waals surface area contributed by atoms with Crippen molar-refractivity contribution in [2.24, 2.45) is 0 Å². The third-order valence-electron chi connectivity index (χ3n) is 3.63. The molecule has 2 aromatic heterocycles. The number of anilines is 1. The summed E-state index contributed by atoms with van der Waals surface area (Å²) in [5.74, 6) is 0.597. The van der Waals surface area contributed by atoms with Gasteiger partial charge < -0.3 is 10.5 Å². The first-order chi connectivity index (χ1) is 8.72. The van der Waals surface area contributed by atoms with Crippen molar-refractivity contribution >= 4 is 17.1 Å². The van der Waals surface area contributed by atoms with Crippen molar-refractivity contribution in [2.45, 2.75) is 39.3 Å². The summed E-state index contributed by atoms with van der Waals surface area (Å²) in [5.41, 5.74) is 9.03. The van der Waals surface area contributed by atoms with Gasteiger partial charge in [0.1, 0.15) is 5.52 Å². The van der Waals surface area contributed by atoms with E-state index in [1.165, 1.54) is 0 Å². The number of aryl methyl sites for hydroxylation is 2. The van der Waals surface area contributed by atoms with Gasteiger partial charge in [0.15, 0.2) is 5.65 Å². The summed E-state index contributed by atoms with van der Waals surface area (Å²) in [4.78, 5) is 4.47. The van der Waals surface area contributed by atoms with Crippen LogP contribution in [0, 0.1) is 6.92 Å². The molecule has 0 amide bonds. The number of ether oxygens (including phenoxy) is 1. The van der Waals surface area contributed by atoms with Crippen LogP contribution >= 0.6 is 0 Å². The highest BCUT2D eigenvalue weighted by Gasteiger charge is 2.24. The van der Waals surface area contributed by atoms with Crippen LogP contribution in [0.3, 0.4) is 0 Å². The summed E-state index contributed by atoms with van der Waals surface area (Å²) in [6.07, 6.45) is 1.98. The van der Waals surface area contributed by atoms with E-state index < -0.39 is 0 Å². The van der Waals surface area contributed by atoms with Gasteiger partial charge in [0.05, 0.1) is 5.69 Å². The molecule has 0 saturated carbocycles. The SMILES string of the molecule is CCn1nc(C)c2nc(N)n(C3CCOCC3)c21. The molecule has 1 fully saturated rings. The zero-order valence-corrected chi connectivity index (χ0v) is 10.9. The van der Waals surface area contributed by atoms with Gasteiger partial charge in [-0.05, 0) is 26.7 Å². The third-order valence-corrected chi connectivity index (χ3v) is 3.63. The molecule has 2 aromatic rings. The maximum absolute atomic E-state index is 6.09. The number of imidazole rings is 1. The highest BCUT2D eigenvalue weighted by Crippen LogP contribution is 2.30. The fraction of sp³-hybridized carbons (Fsp3) is 0.667. The Morgan fingerprint density at radius 3 is 2.78 bits per heavy atom. The van der Waals surface area contributed by atoms with Crippen LogP contribution < -0.4 is 5.73 Å². The summed E-state index contributed by atoms with van der Waals surface area (Å²) in [6.45, 7) is 6.49. The number of aromatic nitrogens is 4. The molecule has 6 heteroatoms. The first kappa shape index (κ1) is 11.5. The van der Waals surface area contributed by atoms with E-state index in [1.807, 2.05) is 11.6 Å². The minimum atomic E-state index is 0.380. The second kappa shape index (κ2) is 4.28. The molecule has 3 heterocycles. The lowest BCUT2D eigenvalue weighted by Gasteiger charge is -2.24. The molecule has 1 saturated heterocycles. The first-order valence-electron chi connectivity index (χ1n) is 6.51. The van der Waals surface area contributed by atoms with Gasteiger partial charge in [-0.1, -0.05) is 0 Å². The van der Waals surface area contributed by atoms with Gasteiger partial charge in [-0.3, -0.25) is 4.57 Å². The van der Waals surface area contributed by atoms with Crippen LogP contribution in [0.2, 0.25) is 0 Å². The lowest BCUT2D eigenvalue weighted by Crippen LogP contribution is -2.22. The van der Waals surface area contributed by atoms with Gasteiger partial charge in [0.25, 0.3) is 0 Å². The van der Waals surface area contributed by atoms with Crippen molar-refractivity contribution in [1.29, 1.82) is 0 Å². The lowest BCUT2D eigenvalue weighted by atomic mass is 10.1. The summed E-state index contributed by atoms with van der Waals surface area (Å²) in [6, 6.07) is 0.380. The quantitative estimate of drug-likeness (QED) is 0.875. The van der Waals surface area contributed by atoms with Crippen LogP contribution in [-0.2, 0) is 11.3 Å². The maximum Gasteiger partial charge on any atom is 0.202 e. The van der Waals surface area contributed by atoms with E-state index in [9.17, 15) is 0 Å². The number of fused-ring (bicyclic) bond motifs is 1. The number of nitrogen functional groups attached to an aromatic ring is 1. The zero-order valence-electron chi connectivity index (χ0n) is 10.9. The number of rotatable bonds is 2. The molecule has 0 atom stereocenters. The zero-order chi connectivity index (χ0) is 12.7. The van der Waals surface area contributed by atoms with Crippen LogP contribution in [0.4, 0.5) is 5.95 Å². The Morgan fingerprint density at radius 1 is 1.39 bits per heavy atom. The van der Waals surface area contributed by atoms with E-state index in [1.54, 1.807) is 0 Å². The van der Waals surface area contributed by atoms with E-state index in [2.05, 4.69) is 21.6 Å². The molecule has 3 rings (SSSR count). The highest BCUT2D eigenvalue weighted by molar-refractivity contribution is 5.77. The Labute approximate surface area is 106 Å². The molecule has 0 bridgehead atoms. The van der Waals surface area contributed by atoms with Crippen LogP contribution in [0.15, 0.2) is 0 Å². The number of hydrogen-bond donors (Lipinski definition) is 1. The molecule has 98 valence electrons. The van der Waals surface area contributed by atoms with Crippen LogP contribution in [0.25, 0.3) is 11.2 Å². The van der Waals surface area contributed by atoms with Gasteiger partial charge in [-0.2, -0.15) is 5.10 Å². The number of nitrogens with zero attached hydrogens (tertiary/aromatic N) is 4. The van der Waals surface area contributed by atoms with Crippen molar-refractivity contribution in [3.63, 3.8) is 0 Å². The molecular weight excluding hydrogens is 230 g/mol. The molecule has 6 nitrogen and oxygen atoms in total. The van der Waals surface area contributed by atoms with Crippen molar-refractivity contribution in [3.8, 4) is 0 Å². The predicted octanol–water partition coefficient (Wildman–Crippen LogP) is 1.49. The van der Waals surface area contributed by atoms with Gasteiger partial charge >= 0.3 is 0 Å². The van der Waals surface area contributed by atoms with E-state index in [0.717, 1.165) is 49.5 Å². The van der Waals surface area contributed by atoms with Crippen molar-refractivity contribution in [1.82, 2.24) is 19.3 Å². The largest absolute Gasteiger partial charge is 0.381 e. The predicted molar refractivity (Wildman–Crippen MR) is 69.4 cm³/mol.